The molecule has 1 aromatic carbocycles. The lowest BCUT2D eigenvalue weighted by Crippen LogP contribution is -2.27. The third-order valence-electron chi connectivity index (χ3n) is 3.05. The van der Waals surface area contributed by atoms with E-state index in [4.69, 9.17) is 4.74 Å². The standard InChI is InChI=1S/C15H16N4O4/c1-3-4-8-16-15(20)23-12-7-5-6-11(9-12)14-13(19(21)22)10-17-18(14)2/h3,5-7,9-10H,1,4,8H2,2H3,(H,16,20). The average Bonchev–Trinajstić information content (AvgIpc) is 2.90. The zero-order valence-corrected chi connectivity index (χ0v) is 12.6. The molecule has 2 rings (SSSR count). The molecule has 1 aromatic heterocycles. The van der Waals surface area contributed by atoms with Gasteiger partial charge in [0.25, 0.3) is 0 Å². The Kier molecular flexibility index (Phi) is 5.08. The minimum atomic E-state index is -0.594. The Morgan fingerprint density at radius 2 is 2.35 bits per heavy atom. The van der Waals surface area contributed by atoms with Gasteiger partial charge in [0.15, 0.2) is 0 Å². The lowest BCUT2D eigenvalue weighted by Gasteiger charge is -2.07. The van der Waals surface area contributed by atoms with Gasteiger partial charge in [-0.05, 0) is 18.6 Å². The predicted molar refractivity (Wildman–Crippen MR) is 84.1 cm³/mol. The lowest BCUT2D eigenvalue weighted by atomic mass is 10.1. The zero-order chi connectivity index (χ0) is 16.8. The summed E-state index contributed by atoms with van der Waals surface area (Å²) in [6, 6.07) is 6.49. The number of nitro groups is 1. The Balaban J connectivity index is 2.20. The van der Waals surface area contributed by atoms with Gasteiger partial charge in [-0.25, -0.2) is 4.79 Å². The summed E-state index contributed by atoms with van der Waals surface area (Å²) in [6.07, 6.45) is 2.91. The second-order valence-electron chi connectivity index (χ2n) is 4.68. The Morgan fingerprint density at radius 3 is 3.04 bits per heavy atom. The van der Waals surface area contributed by atoms with Crippen LogP contribution in [-0.2, 0) is 7.05 Å². The maximum atomic E-state index is 11.6. The number of aryl methyl sites for hydroxylation is 1. The molecule has 0 aliphatic heterocycles. The number of ether oxygens (including phenoxy) is 1. The van der Waals surface area contributed by atoms with Gasteiger partial charge >= 0.3 is 11.8 Å². The number of amides is 1. The van der Waals surface area contributed by atoms with Crippen LogP contribution in [0.25, 0.3) is 11.3 Å². The topological polar surface area (TPSA) is 99.3 Å². The molecule has 0 saturated carbocycles. The average molecular weight is 316 g/mol. The van der Waals surface area contributed by atoms with Gasteiger partial charge in [0.05, 0.1) is 4.92 Å². The molecule has 0 spiro atoms. The first kappa shape index (κ1) is 16.2. The molecule has 0 unspecified atom stereocenters. The van der Waals surface area contributed by atoms with Crippen molar-refractivity contribution in [2.75, 3.05) is 6.54 Å². The summed E-state index contributed by atoms with van der Waals surface area (Å²) >= 11 is 0. The van der Waals surface area contributed by atoms with Gasteiger partial charge in [0.2, 0.25) is 0 Å². The van der Waals surface area contributed by atoms with Crippen molar-refractivity contribution in [3.05, 3.63) is 53.2 Å². The van der Waals surface area contributed by atoms with E-state index in [9.17, 15) is 14.9 Å². The van der Waals surface area contributed by atoms with Crippen molar-refractivity contribution in [1.82, 2.24) is 15.1 Å². The molecular formula is C15H16N4O4. The van der Waals surface area contributed by atoms with E-state index in [1.54, 1.807) is 37.4 Å². The van der Waals surface area contributed by atoms with Crippen molar-refractivity contribution >= 4 is 11.8 Å². The van der Waals surface area contributed by atoms with Crippen molar-refractivity contribution in [3.8, 4) is 17.0 Å². The SMILES string of the molecule is C=CCCNC(=O)Oc1cccc(-c2c([N+](=O)[O-])cnn2C)c1. The summed E-state index contributed by atoms with van der Waals surface area (Å²) in [5, 5.41) is 17.5. The second-order valence-corrected chi connectivity index (χ2v) is 4.68. The number of nitrogens with zero attached hydrogens (tertiary/aromatic N) is 3. The highest BCUT2D eigenvalue weighted by atomic mass is 16.6. The normalized spacial score (nSPS) is 10.1. The molecule has 0 aliphatic rings. The van der Waals surface area contributed by atoms with Crippen molar-refractivity contribution in [2.24, 2.45) is 7.05 Å². The molecule has 1 heterocycles. The van der Waals surface area contributed by atoms with E-state index in [2.05, 4.69) is 17.0 Å². The van der Waals surface area contributed by atoms with Gasteiger partial charge in [0, 0.05) is 19.2 Å². The van der Waals surface area contributed by atoms with Crippen molar-refractivity contribution in [3.63, 3.8) is 0 Å². The highest BCUT2D eigenvalue weighted by molar-refractivity contribution is 5.73. The monoisotopic (exact) mass is 316 g/mol. The number of aromatic nitrogens is 2. The molecule has 8 heteroatoms. The highest BCUT2D eigenvalue weighted by Crippen LogP contribution is 2.31. The van der Waals surface area contributed by atoms with E-state index < -0.39 is 11.0 Å². The first-order chi connectivity index (χ1) is 11.0. The third-order valence-corrected chi connectivity index (χ3v) is 3.05. The molecule has 0 atom stereocenters. The molecule has 1 amide bonds. The zero-order valence-electron chi connectivity index (χ0n) is 12.6. The minimum absolute atomic E-state index is 0.111. The first-order valence-corrected chi connectivity index (χ1v) is 6.86. The van der Waals surface area contributed by atoms with Crippen molar-refractivity contribution in [2.45, 2.75) is 6.42 Å². The maximum absolute atomic E-state index is 11.6. The summed E-state index contributed by atoms with van der Waals surface area (Å²) in [5.74, 6) is 0.286. The quantitative estimate of drug-likeness (QED) is 0.382. The largest absolute Gasteiger partial charge is 0.412 e. The lowest BCUT2D eigenvalue weighted by molar-refractivity contribution is -0.384. The Labute approximate surface area is 132 Å². The van der Waals surface area contributed by atoms with Gasteiger partial charge in [-0.2, -0.15) is 5.10 Å². The molecule has 8 nitrogen and oxygen atoms in total. The van der Waals surface area contributed by atoms with Crippen molar-refractivity contribution in [1.29, 1.82) is 0 Å². The maximum Gasteiger partial charge on any atom is 0.412 e. The fourth-order valence-corrected chi connectivity index (χ4v) is 2.02. The summed E-state index contributed by atoms with van der Waals surface area (Å²) in [5.41, 5.74) is 0.765. The number of carbonyl (C=O) groups is 1. The molecular weight excluding hydrogens is 300 g/mol. The molecule has 0 fully saturated rings. The van der Waals surface area contributed by atoms with Crippen LogP contribution >= 0.6 is 0 Å². The van der Waals surface area contributed by atoms with Crippen LogP contribution < -0.4 is 10.1 Å². The summed E-state index contributed by atoms with van der Waals surface area (Å²) < 4.78 is 6.56. The number of rotatable bonds is 6. The van der Waals surface area contributed by atoms with Gasteiger partial charge in [0.1, 0.15) is 17.6 Å². The van der Waals surface area contributed by atoms with Crippen molar-refractivity contribution < 1.29 is 14.5 Å². The summed E-state index contributed by atoms with van der Waals surface area (Å²) in [4.78, 5) is 22.2. The van der Waals surface area contributed by atoms with Gasteiger partial charge in [-0.3, -0.25) is 14.8 Å². The van der Waals surface area contributed by atoms with Crippen LogP contribution in [0.15, 0.2) is 43.1 Å². The number of carbonyl (C=O) groups excluding carboxylic acids is 1. The summed E-state index contributed by atoms with van der Waals surface area (Å²) in [6.45, 7) is 3.98. The van der Waals surface area contributed by atoms with E-state index >= 15 is 0 Å². The smallest absolute Gasteiger partial charge is 0.410 e. The minimum Gasteiger partial charge on any atom is -0.410 e. The Bertz CT molecular complexity index is 739. The number of hydrogen-bond donors (Lipinski definition) is 1. The van der Waals surface area contributed by atoms with Crippen LogP contribution in [-0.4, -0.2) is 27.3 Å². The van der Waals surface area contributed by atoms with Gasteiger partial charge in [-0.1, -0.05) is 18.2 Å². The van der Waals surface area contributed by atoms with Crippen LogP contribution in [0.1, 0.15) is 6.42 Å². The molecule has 120 valence electrons. The van der Waals surface area contributed by atoms with E-state index in [0.29, 0.717) is 24.2 Å². The highest BCUT2D eigenvalue weighted by Gasteiger charge is 2.21. The number of benzene rings is 1. The van der Waals surface area contributed by atoms with E-state index in [1.165, 1.54) is 10.9 Å². The molecule has 23 heavy (non-hydrogen) atoms. The fourth-order valence-electron chi connectivity index (χ4n) is 2.02. The number of hydrogen-bond acceptors (Lipinski definition) is 5. The van der Waals surface area contributed by atoms with E-state index in [1.807, 2.05) is 0 Å². The number of nitrogens with one attached hydrogen (secondary N) is 1. The molecule has 0 aliphatic carbocycles. The van der Waals surface area contributed by atoms with Gasteiger partial charge in [-0.15, -0.1) is 6.58 Å². The van der Waals surface area contributed by atoms with Crippen LogP contribution in [0, 0.1) is 10.1 Å². The predicted octanol–water partition coefficient (Wildman–Crippen LogP) is 2.66. The molecule has 0 radical (unpaired) electrons. The fraction of sp³-hybridized carbons (Fsp3) is 0.200. The van der Waals surface area contributed by atoms with E-state index in [0.717, 1.165) is 0 Å². The molecule has 1 N–H and O–H groups in total. The van der Waals surface area contributed by atoms with Gasteiger partial charge < -0.3 is 10.1 Å². The molecule has 2 aromatic rings. The second kappa shape index (κ2) is 7.21. The Morgan fingerprint density at radius 1 is 1.57 bits per heavy atom. The van der Waals surface area contributed by atoms with Crippen LogP contribution in [0.2, 0.25) is 0 Å². The first-order valence-electron chi connectivity index (χ1n) is 6.86. The molecule has 0 saturated heterocycles. The van der Waals surface area contributed by atoms with Crippen LogP contribution in [0.3, 0.4) is 0 Å². The third kappa shape index (κ3) is 3.94. The summed E-state index contributed by atoms with van der Waals surface area (Å²) in [7, 11) is 1.61. The van der Waals surface area contributed by atoms with Crippen LogP contribution in [0.4, 0.5) is 10.5 Å². The van der Waals surface area contributed by atoms with E-state index in [-0.39, 0.29) is 11.4 Å². The van der Waals surface area contributed by atoms with Crippen LogP contribution in [0.5, 0.6) is 5.75 Å². The molecule has 0 bridgehead atoms. The Hall–Kier alpha value is -3.16.